The van der Waals surface area contributed by atoms with Crippen LogP contribution in [0.15, 0.2) is 48.5 Å². The predicted octanol–water partition coefficient (Wildman–Crippen LogP) is 5.55. The highest BCUT2D eigenvalue weighted by Gasteiger charge is 2.18. The number of nitrogens with zero attached hydrogens (tertiary/aromatic N) is 1. The Bertz CT molecular complexity index is 942. The summed E-state index contributed by atoms with van der Waals surface area (Å²) in [7, 11) is 0. The Morgan fingerprint density at radius 3 is 2.42 bits per heavy atom. The summed E-state index contributed by atoms with van der Waals surface area (Å²) in [4.78, 5) is 16.4. The molecule has 3 rings (SSSR count). The van der Waals surface area contributed by atoms with Crippen LogP contribution in [0, 0.1) is 0 Å². The van der Waals surface area contributed by atoms with Gasteiger partial charge in [0.15, 0.2) is 0 Å². The van der Waals surface area contributed by atoms with E-state index in [1.807, 2.05) is 36.4 Å². The normalized spacial score (nSPS) is 11.7. The maximum atomic E-state index is 11.8. The van der Waals surface area contributed by atoms with Gasteiger partial charge in [-0.3, -0.25) is 0 Å². The summed E-state index contributed by atoms with van der Waals surface area (Å²) in [5.41, 5.74) is 3.19. The molecule has 0 atom stereocenters. The van der Waals surface area contributed by atoms with Gasteiger partial charge < -0.3 is 5.11 Å². The quantitative estimate of drug-likeness (QED) is 0.665. The Kier molecular flexibility index (Phi) is 4.06. The molecule has 0 amide bonds. The number of carboxylic acid groups (broad SMARTS) is 1. The van der Waals surface area contributed by atoms with E-state index in [9.17, 15) is 9.90 Å². The molecule has 0 saturated carbocycles. The number of fused-ring (bicyclic) bond motifs is 1. The molecule has 122 valence electrons. The standard InChI is InChI=1S/C20H18ClNO2/c1-20(2,3)12-8-9-17-14(10-12)15(19(23)24)11-18(22-17)13-6-4-5-7-16(13)21/h4-11H,1-3H3,(H,23,24). The molecule has 3 aromatic rings. The van der Waals surface area contributed by atoms with Gasteiger partial charge in [0, 0.05) is 16.0 Å². The number of rotatable bonds is 2. The average molecular weight is 340 g/mol. The van der Waals surface area contributed by atoms with E-state index >= 15 is 0 Å². The van der Waals surface area contributed by atoms with Gasteiger partial charge in [-0.15, -0.1) is 0 Å². The number of aromatic nitrogens is 1. The summed E-state index contributed by atoms with van der Waals surface area (Å²) >= 11 is 6.24. The minimum atomic E-state index is -0.971. The summed E-state index contributed by atoms with van der Waals surface area (Å²) in [6.45, 7) is 6.29. The van der Waals surface area contributed by atoms with Crippen molar-refractivity contribution in [3.05, 3.63) is 64.7 Å². The molecular weight excluding hydrogens is 322 g/mol. The Morgan fingerprint density at radius 2 is 1.79 bits per heavy atom. The summed E-state index contributed by atoms with van der Waals surface area (Å²) in [5, 5.41) is 10.8. The number of pyridine rings is 1. The Labute approximate surface area is 145 Å². The number of hydrogen-bond donors (Lipinski definition) is 1. The summed E-state index contributed by atoms with van der Waals surface area (Å²) < 4.78 is 0. The number of benzene rings is 2. The molecule has 0 spiro atoms. The van der Waals surface area contributed by atoms with Crippen molar-refractivity contribution in [1.29, 1.82) is 0 Å². The maximum Gasteiger partial charge on any atom is 0.336 e. The molecule has 4 heteroatoms. The second-order valence-corrected chi connectivity index (χ2v) is 7.23. The van der Waals surface area contributed by atoms with E-state index in [-0.39, 0.29) is 11.0 Å². The smallest absolute Gasteiger partial charge is 0.336 e. The van der Waals surface area contributed by atoms with Crippen molar-refractivity contribution in [2.45, 2.75) is 26.2 Å². The van der Waals surface area contributed by atoms with Crippen molar-refractivity contribution in [3.63, 3.8) is 0 Å². The zero-order chi connectivity index (χ0) is 17.5. The Morgan fingerprint density at radius 1 is 1.08 bits per heavy atom. The molecule has 2 aromatic carbocycles. The van der Waals surface area contributed by atoms with Gasteiger partial charge in [0.2, 0.25) is 0 Å². The first-order valence-electron chi connectivity index (χ1n) is 7.71. The van der Waals surface area contributed by atoms with Crippen molar-refractivity contribution < 1.29 is 9.90 Å². The molecule has 24 heavy (non-hydrogen) atoms. The van der Waals surface area contributed by atoms with E-state index < -0.39 is 5.97 Å². The Balaban J connectivity index is 2.30. The van der Waals surface area contributed by atoms with Crippen molar-refractivity contribution in [2.75, 3.05) is 0 Å². The van der Waals surface area contributed by atoms with Crippen molar-refractivity contribution in [2.24, 2.45) is 0 Å². The van der Waals surface area contributed by atoms with Crippen LogP contribution in [0.3, 0.4) is 0 Å². The van der Waals surface area contributed by atoms with E-state index in [1.165, 1.54) is 0 Å². The lowest BCUT2D eigenvalue weighted by molar-refractivity contribution is 0.0699. The highest BCUT2D eigenvalue weighted by atomic mass is 35.5. The fourth-order valence-corrected chi connectivity index (χ4v) is 2.91. The first-order chi connectivity index (χ1) is 11.3. The van der Waals surface area contributed by atoms with Crippen LogP contribution in [-0.4, -0.2) is 16.1 Å². The summed E-state index contributed by atoms with van der Waals surface area (Å²) in [6.07, 6.45) is 0. The molecule has 1 N–H and O–H groups in total. The molecule has 0 radical (unpaired) electrons. The SMILES string of the molecule is CC(C)(C)c1ccc2nc(-c3ccccc3Cl)cc(C(=O)O)c2c1. The second kappa shape index (κ2) is 5.91. The molecule has 1 aromatic heterocycles. The topological polar surface area (TPSA) is 50.2 Å². The monoisotopic (exact) mass is 339 g/mol. The van der Waals surface area contributed by atoms with Crippen LogP contribution in [0.5, 0.6) is 0 Å². The first-order valence-corrected chi connectivity index (χ1v) is 8.08. The molecule has 3 nitrogen and oxygen atoms in total. The molecule has 0 aliphatic rings. The number of hydrogen-bond acceptors (Lipinski definition) is 2. The minimum Gasteiger partial charge on any atom is -0.478 e. The van der Waals surface area contributed by atoms with Gasteiger partial charge in [0.1, 0.15) is 0 Å². The largest absolute Gasteiger partial charge is 0.478 e. The van der Waals surface area contributed by atoms with Gasteiger partial charge in [-0.05, 0) is 35.2 Å². The number of aromatic carboxylic acids is 1. The molecule has 0 aliphatic carbocycles. The lowest BCUT2D eigenvalue weighted by atomic mass is 9.86. The molecule has 0 bridgehead atoms. The van der Waals surface area contributed by atoms with E-state index in [1.54, 1.807) is 12.1 Å². The molecule has 0 aliphatic heterocycles. The lowest BCUT2D eigenvalue weighted by Gasteiger charge is -2.20. The predicted molar refractivity (Wildman–Crippen MR) is 97.8 cm³/mol. The molecular formula is C20H18ClNO2. The van der Waals surface area contributed by atoms with Crippen LogP contribution >= 0.6 is 11.6 Å². The van der Waals surface area contributed by atoms with E-state index in [4.69, 9.17) is 11.6 Å². The zero-order valence-electron chi connectivity index (χ0n) is 13.8. The van der Waals surface area contributed by atoms with Crippen LogP contribution in [0.2, 0.25) is 5.02 Å². The lowest BCUT2D eigenvalue weighted by Crippen LogP contribution is -2.11. The van der Waals surface area contributed by atoms with Crippen LogP contribution in [0.1, 0.15) is 36.7 Å². The average Bonchev–Trinajstić information content (AvgIpc) is 2.52. The van der Waals surface area contributed by atoms with Gasteiger partial charge in [-0.25, -0.2) is 9.78 Å². The third kappa shape index (κ3) is 3.00. The fourth-order valence-electron chi connectivity index (χ4n) is 2.68. The number of carboxylic acids is 1. The molecule has 1 heterocycles. The molecule has 0 saturated heterocycles. The summed E-state index contributed by atoms with van der Waals surface area (Å²) in [6, 6.07) is 14.7. The zero-order valence-corrected chi connectivity index (χ0v) is 14.6. The number of carbonyl (C=O) groups is 1. The van der Waals surface area contributed by atoms with E-state index in [0.29, 0.717) is 21.6 Å². The fraction of sp³-hybridized carbons (Fsp3) is 0.200. The van der Waals surface area contributed by atoms with E-state index in [2.05, 4.69) is 25.8 Å². The molecule has 0 fully saturated rings. The van der Waals surface area contributed by atoms with Gasteiger partial charge in [0.05, 0.1) is 16.8 Å². The maximum absolute atomic E-state index is 11.8. The van der Waals surface area contributed by atoms with Gasteiger partial charge in [-0.1, -0.05) is 56.6 Å². The first kappa shape index (κ1) is 16.5. The summed E-state index contributed by atoms with van der Waals surface area (Å²) in [5.74, 6) is -0.971. The minimum absolute atomic E-state index is 0.0641. The third-order valence-electron chi connectivity index (χ3n) is 4.05. The number of halogens is 1. The highest BCUT2D eigenvalue weighted by molar-refractivity contribution is 6.33. The van der Waals surface area contributed by atoms with Crippen LogP contribution in [0.4, 0.5) is 0 Å². The van der Waals surface area contributed by atoms with E-state index in [0.717, 1.165) is 11.1 Å². The van der Waals surface area contributed by atoms with Gasteiger partial charge in [0.25, 0.3) is 0 Å². The van der Waals surface area contributed by atoms with Crippen LogP contribution in [0.25, 0.3) is 22.2 Å². The third-order valence-corrected chi connectivity index (χ3v) is 4.38. The van der Waals surface area contributed by atoms with Crippen molar-refractivity contribution >= 4 is 28.5 Å². The second-order valence-electron chi connectivity index (χ2n) is 6.82. The van der Waals surface area contributed by atoms with Crippen LogP contribution < -0.4 is 0 Å². The molecule has 0 unspecified atom stereocenters. The van der Waals surface area contributed by atoms with Crippen molar-refractivity contribution in [3.8, 4) is 11.3 Å². The van der Waals surface area contributed by atoms with Gasteiger partial charge >= 0.3 is 5.97 Å². The highest BCUT2D eigenvalue weighted by Crippen LogP contribution is 2.32. The van der Waals surface area contributed by atoms with Crippen LogP contribution in [-0.2, 0) is 5.41 Å². The van der Waals surface area contributed by atoms with Gasteiger partial charge in [-0.2, -0.15) is 0 Å². The van der Waals surface area contributed by atoms with Crippen molar-refractivity contribution in [1.82, 2.24) is 4.98 Å². The Hall–Kier alpha value is -2.39.